The van der Waals surface area contributed by atoms with Crippen molar-refractivity contribution in [2.24, 2.45) is 11.3 Å². The van der Waals surface area contributed by atoms with Crippen molar-refractivity contribution in [3.05, 3.63) is 35.9 Å². The van der Waals surface area contributed by atoms with Crippen molar-refractivity contribution in [1.82, 2.24) is 0 Å². The summed E-state index contributed by atoms with van der Waals surface area (Å²) in [7, 11) is 1.41. The number of carbonyl (C=O) groups is 2. The van der Waals surface area contributed by atoms with Crippen molar-refractivity contribution >= 4 is 11.9 Å². The minimum absolute atomic E-state index is 0.230. The molecule has 4 nitrogen and oxygen atoms in total. The fraction of sp³-hybridized carbons (Fsp3) is 0.579. The number of methoxy groups -OCH3 is 1. The van der Waals surface area contributed by atoms with Gasteiger partial charge in [0.15, 0.2) is 0 Å². The average Bonchev–Trinajstić information content (AvgIpc) is 2.60. The molecule has 0 aromatic heterocycles. The highest BCUT2D eigenvalue weighted by molar-refractivity contribution is 5.76. The first-order valence-electron chi connectivity index (χ1n) is 8.35. The summed E-state index contributed by atoms with van der Waals surface area (Å²) >= 11 is 0. The highest BCUT2D eigenvalue weighted by Gasteiger charge is 2.43. The van der Waals surface area contributed by atoms with E-state index in [9.17, 15) is 9.59 Å². The van der Waals surface area contributed by atoms with Gasteiger partial charge in [-0.1, -0.05) is 56.5 Å². The topological polar surface area (TPSA) is 52.6 Å². The van der Waals surface area contributed by atoms with Gasteiger partial charge < -0.3 is 9.47 Å². The summed E-state index contributed by atoms with van der Waals surface area (Å²) in [6, 6.07) is 9.64. The summed E-state index contributed by atoms with van der Waals surface area (Å²) in [4.78, 5) is 24.3. The van der Waals surface area contributed by atoms with Crippen molar-refractivity contribution in [3.63, 3.8) is 0 Å². The van der Waals surface area contributed by atoms with Crippen LogP contribution in [-0.4, -0.2) is 19.0 Å². The van der Waals surface area contributed by atoms with Crippen LogP contribution in [0.1, 0.15) is 51.0 Å². The number of carbonyl (C=O) groups excluding carboxylic acids is 2. The van der Waals surface area contributed by atoms with Gasteiger partial charge in [-0.05, 0) is 23.8 Å². The third-order valence-corrected chi connectivity index (χ3v) is 5.06. The normalized spacial score (nSPS) is 18.0. The first-order chi connectivity index (χ1) is 11.1. The standard InChI is InChI=1S/C19H26O4/c1-15(18(21)22-2)19(11-7-4-8-12-19)13-17(20)23-14-16-9-5-3-6-10-16/h3,5-6,9-10,15H,4,7-8,11-14H2,1-2H3. The van der Waals surface area contributed by atoms with Crippen LogP contribution in [0.2, 0.25) is 0 Å². The van der Waals surface area contributed by atoms with E-state index in [4.69, 9.17) is 9.47 Å². The SMILES string of the molecule is COC(=O)C(C)C1(CC(=O)OCc2ccccc2)CCCCC1. The van der Waals surface area contributed by atoms with Crippen molar-refractivity contribution in [2.75, 3.05) is 7.11 Å². The van der Waals surface area contributed by atoms with Gasteiger partial charge in [-0.3, -0.25) is 9.59 Å². The fourth-order valence-corrected chi connectivity index (χ4v) is 3.52. The maximum Gasteiger partial charge on any atom is 0.308 e. The summed E-state index contributed by atoms with van der Waals surface area (Å²) < 4.78 is 10.3. The molecule has 0 saturated heterocycles. The zero-order valence-corrected chi connectivity index (χ0v) is 14.0. The van der Waals surface area contributed by atoms with Crippen LogP contribution in [0.15, 0.2) is 30.3 Å². The number of esters is 2. The summed E-state index contributed by atoms with van der Waals surface area (Å²) in [5.41, 5.74) is 0.651. The lowest BCUT2D eigenvalue weighted by atomic mass is 9.64. The number of benzene rings is 1. The van der Waals surface area contributed by atoms with E-state index in [1.54, 1.807) is 0 Å². The molecule has 0 spiro atoms. The Morgan fingerprint density at radius 2 is 1.78 bits per heavy atom. The smallest absolute Gasteiger partial charge is 0.308 e. The molecule has 1 aliphatic rings. The molecule has 4 heteroatoms. The minimum atomic E-state index is -0.320. The van der Waals surface area contributed by atoms with Crippen LogP contribution in [0.4, 0.5) is 0 Å². The van der Waals surface area contributed by atoms with Crippen LogP contribution in [0.25, 0.3) is 0 Å². The average molecular weight is 318 g/mol. The van der Waals surface area contributed by atoms with Gasteiger partial charge in [0, 0.05) is 0 Å². The largest absolute Gasteiger partial charge is 0.469 e. The molecule has 23 heavy (non-hydrogen) atoms. The molecule has 0 N–H and O–H groups in total. The van der Waals surface area contributed by atoms with Gasteiger partial charge >= 0.3 is 11.9 Å². The maximum absolute atomic E-state index is 12.3. The van der Waals surface area contributed by atoms with Crippen molar-refractivity contribution in [2.45, 2.75) is 52.1 Å². The Balaban J connectivity index is 1.99. The molecule has 1 unspecified atom stereocenters. The maximum atomic E-state index is 12.3. The summed E-state index contributed by atoms with van der Waals surface area (Å²) in [5, 5.41) is 0. The Bertz CT molecular complexity index is 517. The lowest BCUT2D eigenvalue weighted by molar-refractivity contribution is -0.156. The molecule has 0 amide bonds. The highest BCUT2D eigenvalue weighted by Crippen LogP contribution is 2.46. The second-order valence-corrected chi connectivity index (χ2v) is 6.49. The predicted molar refractivity (Wildman–Crippen MR) is 87.6 cm³/mol. The summed E-state index contributed by atoms with van der Waals surface area (Å²) in [5.74, 6) is -0.744. The monoisotopic (exact) mass is 318 g/mol. The molecule has 126 valence electrons. The highest BCUT2D eigenvalue weighted by atomic mass is 16.5. The van der Waals surface area contributed by atoms with Gasteiger partial charge in [0.05, 0.1) is 19.4 Å². The molecular formula is C19H26O4. The number of hydrogen-bond acceptors (Lipinski definition) is 4. The van der Waals surface area contributed by atoms with Crippen LogP contribution in [-0.2, 0) is 25.7 Å². The molecule has 0 bridgehead atoms. The van der Waals surface area contributed by atoms with Crippen molar-refractivity contribution in [3.8, 4) is 0 Å². The molecule has 1 atom stereocenters. The molecule has 1 aromatic rings. The molecule has 1 saturated carbocycles. The Morgan fingerprint density at radius 1 is 1.13 bits per heavy atom. The van der Waals surface area contributed by atoms with Crippen molar-refractivity contribution < 1.29 is 19.1 Å². The van der Waals surface area contributed by atoms with Crippen LogP contribution < -0.4 is 0 Å². The molecule has 2 rings (SSSR count). The number of hydrogen-bond donors (Lipinski definition) is 0. The fourth-order valence-electron chi connectivity index (χ4n) is 3.52. The Labute approximate surface area is 138 Å². The van der Waals surface area contributed by atoms with Gasteiger partial charge in [-0.15, -0.1) is 0 Å². The third kappa shape index (κ3) is 4.57. The van der Waals surface area contributed by atoms with Crippen LogP contribution in [0, 0.1) is 11.3 Å². The minimum Gasteiger partial charge on any atom is -0.469 e. The number of ether oxygens (including phenoxy) is 2. The van der Waals surface area contributed by atoms with Gasteiger partial charge in [-0.2, -0.15) is 0 Å². The van der Waals surface area contributed by atoms with Crippen molar-refractivity contribution in [1.29, 1.82) is 0 Å². The Hall–Kier alpha value is -1.84. The van der Waals surface area contributed by atoms with E-state index < -0.39 is 0 Å². The second kappa shape index (κ2) is 8.14. The predicted octanol–water partition coefficient (Wildman–Crippen LogP) is 3.88. The Kier molecular flexibility index (Phi) is 6.20. The summed E-state index contributed by atoms with van der Waals surface area (Å²) in [6.45, 7) is 2.16. The quantitative estimate of drug-likeness (QED) is 0.747. The van der Waals surface area contributed by atoms with E-state index in [1.807, 2.05) is 37.3 Å². The van der Waals surface area contributed by atoms with E-state index in [-0.39, 0.29) is 36.3 Å². The third-order valence-electron chi connectivity index (χ3n) is 5.06. The molecule has 0 heterocycles. The van der Waals surface area contributed by atoms with E-state index >= 15 is 0 Å². The Morgan fingerprint density at radius 3 is 2.39 bits per heavy atom. The zero-order valence-electron chi connectivity index (χ0n) is 14.0. The van der Waals surface area contributed by atoms with Gasteiger partial charge in [-0.25, -0.2) is 0 Å². The lowest BCUT2D eigenvalue weighted by Gasteiger charge is -2.40. The second-order valence-electron chi connectivity index (χ2n) is 6.49. The lowest BCUT2D eigenvalue weighted by Crippen LogP contribution is -2.39. The molecule has 1 aliphatic carbocycles. The molecule has 0 aliphatic heterocycles. The summed E-state index contributed by atoms with van der Waals surface area (Å²) in [6.07, 6.45) is 5.30. The van der Waals surface area contributed by atoms with Gasteiger partial charge in [0.25, 0.3) is 0 Å². The number of rotatable bonds is 6. The molecular weight excluding hydrogens is 292 g/mol. The van der Waals surface area contributed by atoms with Crippen LogP contribution >= 0.6 is 0 Å². The van der Waals surface area contributed by atoms with E-state index in [1.165, 1.54) is 7.11 Å². The van der Waals surface area contributed by atoms with Gasteiger partial charge in [0.1, 0.15) is 6.61 Å². The molecule has 1 fully saturated rings. The zero-order chi connectivity index (χ0) is 16.7. The van der Waals surface area contributed by atoms with E-state index in [0.29, 0.717) is 0 Å². The van der Waals surface area contributed by atoms with Gasteiger partial charge in [0.2, 0.25) is 0 Å². The first-order valence-corrected chi connectivity index (χ1v) is 8.35. The van der Waals surface area contributed by atoms with Crippen LogP contribution in [0.5, 0.6) is 0 Å². The van der Waals surface area contributed by atoms with Crippen LogP contribution in [0.3, 0.4) is 0 Å². The van der Waals surface area contributed by atoms with E-state index in [0.717, 1.165) is 37.7 Å². The molecule has 0 radical (unpaired) electrons. The molecule has 1 aromatic carbocycles. The van der Waals surface area contributed by atoms with E-state index in [2.05, 4.69) is 0 Å². The first kappa shape index (κ1) is 17.5.